The fraction of sp³-hybridized carbons (Fsp3) is 0.444. The van der Waals surface area contributed by atoms with Gasteiger partial charge in [-0.25, -0.2) is 9.97 Å². The first-order valence-corrected chi connectivity index (χ1v) is 4.40. The topological polar surface area (TPSA) is 68.9 Å². The SMILES string of the molecule is NC(=O)c1nccc(C2CCC2)n1. The third kappa shape index (κ3) is 1.52. The Morgan fingerprint density at radius 3 is 2.85 bits per heavy atom. The average molecular weight is 177 g/mol. The molecule has 4 nitrogen and oxygen atoms in total. The summed E-state index contributed by atoms with van der Waals surface area (Å²) < 4.78 is 0. The van der Waals surface area contributed by atoms with E-state index >= 15 is 0 Å². The number of rotatable bonds is 2. The Morgan fingerprint density at radius 2 is 2.31 bits per heavy atom. The van der Waals surface area contributed by atoms with Crippen LogP contribution in [-0.4, -0.2) is 15.9 Å². The predicted octanol–water partition coefficient (Wildman–Crippen LogP) is 0.843. The van der Waals surface area contributed by atoms with Crippen LogP contribution in [-0.2, 0) is 0 Å². The molecule has 1 aromatic heterocycles. The molecule has 0 radical (unpaired) electrons. The molecule has 0 bridgehead atoms. The number of carbonyl (C=O) groups excluding carboxylic acids is 1. The molecule has 1 heterocycles. The lowest BCUT2D eigenvalue weighted by molar-refractivity contribution is 0.0990. The molecule has 13 heavy (non-hydrogen) atoms. The summed E-state index contributed by atoms with van der Waals surface area (Å²) in [6, 6.07) is 1.86. The molecule has 0 atom stereocenters. The summed E-state index contributed by atoms with van der Waals surface area (Å²) in [7, 11) is 0. The minimum Gasteiger partial charge on any atom is -0.363 e. The van der Waals surface area contributed by atoms with Gasteiger partial charge in [-0.05, 0) is 18.9 Å². The van der Waals surface area contributed by atoms with Crippen LogP contribution in [0.15, 0.2) is 12.3 Å². The maximum atomic E-state index is 10.8. The van der Waals surface area contributed by atoms with Gasteiger partial charge in [0.25, 0.3) is 5.91 Å². The molecule has 2 rings (SSSR count). The molecular weight excluding hydrogens is 166 g/mol. The first-order chi connectivity index (χ1) is 6.27. The van der Waals surface area contributed by atoms with Crippen LogP contribution in [0.1, 0.15) is 41.5 Å². The van der Waals surface area contributed by atoms with Crippen molar-refractivity contribution in [1.82, 2.24) is 9.97 Å². The lowest BCUT2D eigenvalue weighted by Gasteiger charge is -2.24. The quantitative estimate of drug-likeness (QED) is 0.727. The van der Waals surface area contributed by atoms with Crippen molar-refractivity contribution in [2.24, 2.45) is 5.73 Å². The van der Waals surface area contributed by atoms with Gasteiger partial charge in [-0.3, -0.25) is 4.79 Å². The number of amides is 1. The van der Waals surface area contributed by atoms with Crippen LogP contribution in [0.4, 0.5) is 0 Å². The molecule has 1 aliphatic rings. The van der Waals surface area contributed by atoms with Crippen molar-refractivity contribution in [2.45, 2.75) is 25.2 Å². The van der Waals surface area contributed by atoms with Gasteiger partial charge in [-0.1, -0.05) is 6.42 Å². The van der Waals surface area contributed by atoms with Gasteiger partial charge in [-0.2, -0.15) is 0 Å². The van der Waals surface area contributed by atoms with Gasteiger partial charge in [0.1, 0.15) is 0 Å². The highest BCUT2D eigenvalue weighted by Gasteiger charge is 2.21. The van der Waals surface area contributed by atoms with E-state index in [2.05, 4.69) is 9.97 Å². The highest BCUT2D eigenvalue weighted by atomic mass is 16.1. The lowest BCUT2D eigenvalue weighted by atomic mass is 9.83. The zero-order valence-corrected chi connectivity index (χ0v) is 7.23. The third-order valence-corrected chi connectivity index (χ3v) is 2.42. The first kappa shape index (κ1) is 8.16. The molecule has 4 heteroatoms. The largest absolute Gasteiger partial charge is 0.363 e. The van der Waals surface area contributed by atoms with E-state index in [1.54, 1.807) is 6.20 Å². The summed E-state index contributed by atoms with van der Waals surface area (Å²) in [5.41, 5.74) is 6.03. The summed E-state index contributed by atoms with van der Waals surface area (Å²) in [5.74, 6) is 0.0895. The average Bonchev–Trinajstić information content (AvgIpc) is 2.01. The van der Waals surface area contributed by atoms with Crippen LogP contribution in [0.5, 0.6) is 0 Å². The monoisotopic (exact) mass is 177 g/mol. The van der Waals surface area contributed by atoms with Crippen molar-refractivity contribution in [1.29, 1.82) is 0 Å². The highest BCUT2D eigenvalue weighted by Crippen LogP contribution is 2.34. The summed E-state index contributed by atoms with van der Waals surface area (Å²) in [6.07, 6.45) is 5.17. The molecule has 2 N–H and O–H groups in total. The Labute approximate surface area is 76.2 Å². The number of primary amides is 1. The van der Waals surface area contributed by atoms with Gasteiger partial charge < -0.3 is 5.73 Å². The van der Waals surface area contributed by atoms with Crippen LogP contribution in [0.3, 0.4) is 0 Å². The van der Waals surface area contributed by atoms with Gasteiger partial charge >= 0.3 is 0 Å². The zero-order chi connectivity index (χ0) is 9.26. The minimum absolute atomic E-state index is 0.129. The Balaban J connectivity index is 2.26. The van der Waals surface area contributed by atoms with E-state index in [4.69, 9.17) is 5.73 Å². The number of nitrogens with two attached hydrogens (primary N) is 1. The van der Waals surface area contributed by atoms with Crippen molar-refractivity contribution in [3.63, 3.8) is 0 Å². The molecule has 0 unspecified atom stereocenters. The summed E-state index contributed by atoms with van der Waals surface area (Å²) in [4.78, 5) is 18.7. The summed E-state index contributed by atoms with van der Waals surface area (Å²) in [6.45, 7) is 0. The van der Waals surface area contributed by atoms with E-state index in [9.17, 15) is 4.79 Å². The van der Waals surface area contributed by atoms with Crippen molar-refractivity contribution < 1.29 is 4.79 Å². The lowest BCUT2D eigenvalue weighted by Crippen LogP contribution is -2.18. The number of carbonyl (C=O) groups is 1. The molecule has 1 aliphatic carbocycles. The minimum atomic E-state index is -0.554. The van der Waals surface area contributed by atoms with E-state index in [1.807, 2.05) is 6.07 Å². The standard InChI is InChI=1S/C9H11N3O/c10-8(13)9-11-5-4-7(12-9)6-2-1-3-6/h4-6H,1-3H2,(H2,10,13). The molecule has 0 spiro atoms. The normalized spacial score (nSPS) is 16.6. The van der Waals surface area contributed by atoms with Gasteiger partial charge in [0, 0.05) is 17.8 Å². The van der Waals surface area contributed by atoms with Crippen LogP contribution in [0.2, 0.25) is 0 Å². The Hall–Kier alpha value is -1.45. The second-order valence-electron chi connectivity index (χ2n) is 3.30. The first-order valence-electron chi connectivity index (χ1n) is 4.40. The van der Waals surface area contributed by atoms with Gasteiger partial charge in [0.2, 0.25) is 5.82 Å². The Morgan fingerprint density at radius 1 is 1.54 bits per heavy atom. The van der Waals surface area contributed by atoms with E-state index in [0.717, 1.165) is 18.5 Å². The third-order valence-electron chi connectivity index (χ3n) is 2.42. The van der Waals surface area contributed by atoms with Gasteiger partial charge in [-0.15, -0.1) is 0 Å². The summed E-state index contributed by atoms with van der Waals surface area (Å²) in [5, 5.41) is 0. The maximum absolute atomic E-state index is 10.8. The Kier molecular flexibility index (Phi) is 1.96. The predicted molar refractivity (Wildman–Crippen MR) is 47.1 cm³/mol. The summed E-state index contributed by atoms with van der Waals surface area (Å²) >= 11 is 0. The number of nitrogens with zero attached hydrogens (tertiary/aromatic N) is 2. The molecule has 0 saturated heterocycles. The second kappa shape index (κ2) is 3.12. The number of aromatic nitrogens is 2. The molecule has 1 saturated carbocycles. The molecule has 68 valence electrons. The van der Waals surface area contributed by atoms with Crippen molar-refractivity contribution >= 4 is 5.91 Å². The van der Waals surface area contributed by atoms with E-state index in [0.29, 0.717) is 5.92 Å². The van der Waals surface area contributed by atoms with Crippen LogP contribution in [0, 0.1) is 0 Å². The molecule has 0 aromatic carbocycles. The van der Waals surface area contributed by atoms with Gasteiger partial charge in [0.05, 0.1) is 0 Å². The molecule has 0 aliphatic heterocycles. The van der Waals surface area contributed by atoms with E-state index < -0.39 is 5.91 Å². The van der Waals surface area contributed by atoms with Crippen molar-refractivity contribution in [3.8, 4) is 0 Å². The van der Waals surface area contributed by atoms with E-state index in [1.165, 1.54) is 6.42 Å². The Bertz CT molecular complexity index is 333. The second-order valence-corrected chi connectivity index (χ2v) is 3.30. The maximum Gasteiger partial charge on any atom is 0.286 e. The molecule has 1 fully saturated rings. The van der Waals surface area contributed by atoms with Crippen molar-refractivity contribution in [3.05, 3.63) is 23.8 Å². The van der Waals surface area contributed by atoms with Crippen LogP contribution < -0.4 is 5.73 Å². The number of hydrogen-bond donors (Lipinski definition) is 1. The number of hydrogen-bond acceptors (Lipinski definition) is 3. The van der Waals surface area contributed by atoms with E-state index in [-0.39, 0.29) is 5.82 Å². The smallest absolute Gasteiger partial charge is 0.286 e. The van der Waals surface area contributed by atoms with Crippen LogP contribution in [0.25, 0.3) is 0 Å². The zero-order valence-electron chi connectivity index (χ0n) is 7.23. The van der Waals surface area contributed by atoms with Crippen molar-refractivity contribution in [2.75, 3.05) is 0 Å². The van der Waals surface area contributed by atoms with Gasteiger partial charge in [0.15, 0.2) is 0 Å². The highest BCUT2D eigenvalue weighted by molar-refractivity contribution is 5.88. The van der Waals surface area contributed by atoms with Crippen LogP contribution >= 0.6 is 0 Å². The molecule has 1 aromatic rings. The molecular formula is C9H11N3O. The molecule has 1 amide bonds. The fourth-order valence-corrected chi connectivity index (χ4v) is 1.42. The fourth-order valence-electron chi connectivity index (χ4n) is 1.42.